The summed E-state index contributed by atoms with van der Waals surface area (Å²) in [6.07, 6.45) is 8.03. The van der Waals surface area contributed by atoms with Gasteiger partial charge in [-0.25, -0.2) is 0 Å². The summed E-state index contributed by atoms with van der Waals surface area (Å²) < 4.78 is 12.4. The lowest BCUT2D eigenvalue weighted by atomic mass is 9.76. The van der Waals surface area contributed by atoms with Crippen LogP contribution in [-0.2, 0) is 9.47 Å². The van der Waals surface area contributed by atoms with E-state index in [1.165, 1.54) is 50.0 Å². The molecule has 3 rings (SSSR count). The van der Waals surface area contributed by atoms with Gasteiger partial charge in [0.15, 0.2) is 0 Å². The van der Waals surface area contributed by atoms with Crippen LogP contribution < -0.4 is 5.32 Å². The SMILES string of the molecule is CCOC(C1CC1)C(NC)C1CCOC2(CCSCC2)C1. The van der Waals surface area contributed by atoms with Crippen LogP contribution in [0.4, 0.5) is 0 Å². The lowest BCUT2D eigenvalue weighted by Crippen LogP contribution is -2.52. The molecule has 0 bridgehead atoms. The zero-order valence-electron chi connectivity index (χ0n) is 13.6. The Balaban J connectivity index is 1.67. The van der Waals surface area contributed by atoms with Crippen LogP contribution in [0.15, 0.2) is 0 Å². The molecule has 4 heteroatoms. The zero-order valence-corrected chi connectivity index (χ0v) is 14.4. The Bertz CT molecular complexity index is 323. The molecular weight excluding hydrogens is 282 g/mol. The second-order valence-electron chi connectivity index (χ2n) is 6.97. The van der Waals surface area contributed by atoms with Gasteiger partial charge in [0.25, 0.3) is 0 Å². The standard InChI is InChI=1S/C17H31NO2S/c1-3-19-16(13-4-5-13)15(18-2)14-6-9-20-17(12-14)7-10-21-11-8-17/h13-16,18H,3-12H2,1-2H3. The summed E-state index contributed by atoms with van der Waals surface area (Å²) in [5.74, 6) is 4.05. The van der Waals surface area contributed by atoms with Crippen LogP contribution in [0.25, 0.3) is 0 Å². The van der Waals surface area contributed by atoms with E-state index < -0.39 is 0 Å². The number of thioether (sulfide) groups is 1. The first-order chi connectivity index (χ1) is 10.3. The molecule has 1 aliphatic carbocycles. The summed E-state index contributed by atoms with van der Waals surface area (Å²) in [7, 11) is 2.12. The first-order valence-electron chi connectivity index (χ1n) is 8.78. The van der Waals surface area contributed by atoms with Crippen LogP contribution in [0.2, 0.25) is 0 Å². The molecule has 0 radical (unpaired) electrons. The molecule has 3 fully saturated rings. The zero-order chi connectivity index (χ0) is 14.7. The summed E-state index contributed by atoms with van der Waals surface area (Å²) in [5.41, 5.74) is 0.184. The Morgan fingerprint density at radius 1 is 1.24 bits per heavy atom. The summed E-state index contributed by atoms with van der Waals surface area (Å²) >= 11 is 2.09. The minimum Gasteiger partial charge on any atom is -0.377 e. The van der Waals surface area contributed by atoms with Crippen molar-refractivity contribution in [3.63, 3.8) is 0 Å². The molecule has 0 aromatic carbocycles. The maximum absolute atomic E-state index is 6.27. The van der Waals surface area contributed by atoms with Crippen molar-refractivity contribution in [3.8, 4) is 0 Å². The number of likely N-dealkylation sites (N-methyl/N-ethyl adjacent to an activating group) is 1. The van der Waals surface area contributed by atoms with E-state index in [4.69, 9.17) is 9.47 Å². The van der Waals surface area contributed by atoms with Crippen molar-refractivity contribution in [2.24, 2.45) is 11.8 Å². The van der Waals surface area contributed by atoms with Crippen molar-refractivity contribution < 1.29 is 9.47 Å². The second-order valence-corrected chi connectivity index (χ2v) is 8.19. The summed E-state index contributed by atoms with van der Waals surface area (Å²) in [6.45, 7) is 3.91. The predicted octanol–water partition coefficient (Wildman–Crippen LogP) is 3.08. The summed E-state index contributed by atoms with van der Waals surface area (Å²) in [6, 6.07) is 0.507. The first-order valence-corrected chi connectivity index (χ1v) is 9.94. The van der Waals surface area contributed by atoms with Crippen LogP contribution >= 0.6 is 11.8 Å². The Hall–Kier alpha value is 0.230. The molecule has 1 spiro atoms. The number of rotatable bonds is 6. The second kappa shape index (κ2) is 7.20. The molecular formula is C17H31NO2S. The monoisotopic (exact) mass is 313 g/mol. The van der Waals surface area contributed by atoms with Gasteiger partial charge in [0.1, 0.15) is 0 Å². The van der Waals surface area contributed by atoms with Crippen LogP contribution in [-0.4, -0.2) is 49.5 Å². The molecule has 3 nitrogen and oxygen atoms in total. The number of nitrogens with one attached hydrogen (secondary N) is 1. The molecule has 1 saturated carbocycles. The van der Waals surface area contributed by atoms with Gasteiger partial charge in [-0.15, -0.1) is 0 Å². The fourth-order valence-corrected chi connectivity index (χ4v) is 5.52. The van der Waals surface area contributed by atoms with Crippen molar-refractivity contribution in [2.45, 2.75) is 63.2 Å². The quantitative estimate of drug-likeness (QED) is 0.816. The van der Waals surface area contributed by atoms with E-state index in [1.54, 1.807) is 0 Å². The highest BCUT2D eigenvalue weighted by Crippen LogP contribution is 2.44. The van der Waals surface area contributed by atoms with Gasteiger partial charge in [-0.3, -0.25) is 0 Å². The lowest BCUT2D eigenvalue weighted by molar-refractivity contribution is -0.117. The molecule has 2 aliphatic heterocycles. The third-order valence-electron chi connectivity index (χ3n) is 5.58. The number of ether oxygens (including phenoxy) is 2. The van der Waals surface area contributed by atoms with Crippen LogP contribution in [0.3, 0.4) is 0 Å². The van der Waals surface area contributed by atoms with Crippen molar-refractivity contribution in [2.75, 3.05) is 31.8 Å². The minimum atomic E-state index is 0.184. The van der Waals surface area contributed by atoms with Gasteiger partial charge in [0.2, 0.25) is 0 Å². The van der Waals surface area contributed by atoms with Crippen molar-refractivity contribution >= 4 is 11.8 Å². The van der Waals surface area contributed by atoms with Crippen molar-refractivity contribution in [3.05, 3.63) is 0 Å². The number of hydrogen-bond acceptors (Lipinski definition) is 4. The van der Waals surface area contributed by atoms with Gasteiger partial charge in [0.05, 0.1) is 11.7 Å². The topological polar surface area (TPSA) is 30.5 Å². The molecule has 2 saturated heterocycles. The smallest absolute Gasteiger partial charge is 0.0758 e. The molecule has 3 aliphatic rings. The molecule has 0 aromatic heterocycles. The van der Waals surface area contributed by atoms with E-state index in [1.807, 2.05) is 0 Å². The Morgan fingerprint density at radius 2 is 2.00 bits per heavy atom. The predicted molar refractivity (Wildman–Crippen MR) is 89.0 cm³/mol. The Labute approximate surface area is 133 Å². The molecule has 3 unspecified atom stereocenters. The molecule has 0 amide bonds. The maximum atomic E-state index is 6.27. The van der Waals surface area contributed by atoms with E-state index >= 15 is 0 Å². The van der Waals surface area contributed by atoms with Crippen molar-refractivity contribution in [1.82, 2.24) is 5.32 Å². The highest BCUT2D eigenvalue weighted by Gasteiger charge is 2.45. The summed E-state index contributed by atoms with van der Waals surface area (Å²) in [4.78, 5) is 0. The molecule has 0 aromatic rings. The van der Waals surface area contributed by atoms with Gasteiger partial charge in [-0.1, -0.05) is 0 Å². The normalized spacial score (nSPS) is 32.0. The van der Waals surface area contributed by atoms with Crippen LogP contribution in [0.1, 0.15) is 45.4 Å². The molecule has 21 heavy (non-hydrogen) atoms. The first kappa shape index (κ1) is 16.1. The van der Waals surface area contributed by atoms with Gasteiger partial charge in [-0.2, -0.15) is 11.8 Å². The third kappa shape index (κ3) is 3.77. The Kier molecular flexibility index (Phi) is 5.52. The largest absolute Gasteiger partial charge is 0.377 e. The summed E-state index contributed by atoms with van der Waals surface area (Å²) in [5, 5.41) is 3.61. The van der Waals surface area contributed by atoms with E-state index in [9.17, 15) is 0 Å². The highest BCUT2D eigenvalue weighted by atomic mass is 32.2. The average Bonchev–Trinajstić information content (AvgIpc) is 3.33. The number of hydrogen-bond donors (Lipinski definition) is 1. The minimum absolute atomic E-state index is 0.184. The van der Waals surface area contributed by atoms with Gasteiger partial charge >= 0.3 is 0 Å². The van der Waals surface area contributed by atoms with Gasteiger partial charge < -0.3 is 14.8 Å². The van der Waals surface area contributed by atoms with E-state index in [0.29, 0.717) is 18.1 Å². The van der Waals surface area contributed by atoms with E-state index in [-0.39, 0.29) is 5.60 Å². The Morgan fingerprint density at radius 3 is 2.62 bits per heavy atom. The maximum Gasteiger partial charge on any atom is 0.0758 e. The molecule has 122 valence electrons. The fourth-order valence-electron chi connectivity index (χ4n) is 4.28. The highest BCUT2D eigenvalue weighted by molar-refractivity contribution is 7.99. The fraction of sp³-hybridized carbons (Fsp3) is 1.00. The van der Waals surface area contributed by atoms with Crippen molar-refractivity contribution in [1.29, 1.82) is 0 Å². The molecule has 1 N–H and O–H groups in total. The van der Waals surface area contributed by atoms with E-state index in [2.05, 4.69) is 31.1 Å². The van der Waals surface area contributed by atoms with Crippen LogP contribution in [0, 0.1) is 11.8 Å². The lowest BCUT2D eigenvalue weighted by Gasteiger charge is -2.46. The van der Waals surface area contributed by atoms with Crippen LogP contribution in [0.5, 0.6) is 0 Å². The molecule has 2 heterocycles. The van der Waals surface area contributed by atoms with Gasteiger partial charge in [0, 0.05) is 19.3 Å². The third-order valence-corrected chi connectivity index (χ3v) is 6.56. The average molecular weight is 314 g/mol. The molecule has 3 atom stereocenters. The van der Waals surface area contributed by atoms with Gasteiger partial charge in [-0.05, 0) is 75.8 Å². The van der Waals surface area contributed by atoms with E-state index in [0.717, 1.165) is 19.1 Å².